The normalized spacial score (nSPS) is 18.4. The predicted octanol–water partition coefficient (Wildman–Crippen LogP) is 5.07. The van der Waals surface area contributed by atoms with Gasteiger partial charge in [-0.3, -0.25) is 4.79 Å². The number of rotatable bonds is 6. The first-order valence-electron chi connectivity index (χ1n) is 10.9. The van der Waals surface area contributed by atoms with Crippen molar-refractivity contribution < 1.29 is 9.53 Å². The number of aryl methyl sites for hydroxylation is 1. The molecule has 34 heavy (non-hydrogen) atoms. The van der Waals surface area contributed by atoms with E-state index in [0.717, 1.165) is 5.56 Å². The Morgan fingerprint density at radius 2 is 1.91 bits per heavy atom. The molecule has 0 N–H and O–H groups in total. The molecule has 3 atom stereocenters. The molecule has 0 spiro atoms. The summed E-state index contributed by atoms with van der Waals surface area (Å²) >= 11 is 12.5. The maximum absolute atomic E-state index is 13.3. The maximum Gasteiger partial charge on any atom is 0.257 e. The van der Waals surface area contributed by atoms with E-state index in [2.05, 4.69) is 21.0 Å². The summed E-state index contributed by atoms with van der Waals surface area (Å²) in [6.07, 6.45) is 5.09. The predicted molar refractivity (Wildman–Crippen MR) is 129 cm³/mol. The van der Waals surface area contributed by atoms with Crippen LogP contribution in [0.25, 0.3) is 0 Å². The highest BCUT2D eigenvalue weighted by Crippen LogP contribution is 2.39. The Bertz CT molecular complexity index is 1210. The second-order valence-electron chi connectivity index (χ2n) is 8.23. The number of aromatic nitrogens is 3. The Balaban J connectivity index is 1.63. The Labute approximate surface area is 208 Å². The lowest BCUT2D eigenvalue weighted by Gasteiger charge is -2.27. The van der Waals surface area contributed by atoms with E-state index in [0.29, 0.717) is 52.4 Å². The number of nitrogens with zero attached hydrogens (tertiary/aromatic N) is 5. The van der Waals surface area contributed by atoms with E-state index in [4.69, 9.17) is 33.2 Å². The molecular formula is C25H23Cl2N5O2. The highest BCUT2D eigenvalue weighted by molar-refractivity contribution is 6.42. The first kappa shape index (κ1) is 23.9. The largest absolute Gasteiger partial charge is 0.474 e. The molecule has 1 aliphatic rings. The summed E-state index contributed by atoms with van der Waals surface area (Å²) in [6, 6.07) is 11.0. The average molecular weight is 496 g/mol. The van der Waals surface area contributed by atoms with Crippen molar-refractivity contribution in [3.05, 3.63) is 81.5 Å². The third kappa shape index (κ3) is 5.14. The van der Waals surface area contributed by atoms with E-state index < -0.39 is 0 Å². The Hall–Kier alpha value is -3.21. The number of carbonyl (C=O) groups excluding carboxylic acids is 1. The summed E-state index contributed by atoms with van der Waals surface area (Å²) in [5.74, 6) is 0.886. The van der Waals surface area contributed by atoms with Gasteiger partial charge in [0.15, 0.2) is 0 Å². The third-order valence-corrected chi connectivity index (χ3v) is 6.81. The van der Waals surface area contributed by atoms with Crippen LogP contribution >= 0.6 is 23.2 Å². The number of ether oxygens (including phenoxy) is 1. The van der Waals surface area contributed by atoms with Gasteiger partial charge in [0.05, 0.1) is 21.2 Å². The van der Waals surface area contributed by atoms with Crippen LogP contribution in [0.1, 0.15) is 46.6 Å². The standard InChI is InChI=1S/C25H23Cl2N5O2/c1-3-23(34-24-7-4-16(9-28)10-31-24)20-14-32(25(33)18-11-29-15(2)30-12-18)13-19(20)17-5-6-21(26)22(27)8-17/h4-8,10-12,19-20,23H,3,13-14H2,1-2H3/t19-,20?,23?/m1/s1. The van der Waals surface area contributed by atoms with E-state index in [1.165, 1.54) is 6.20 Å². The molecule has 0 aliphatic carbocycles. The number of amides is 1. The van der Waals surface area contributed by atoms with Crippen molar-refractivity contribution in [2.45, 2.75) is 32.3 Å². The minimum absolute atomic E-state index is 0.0185. The smallest absolute Gasteiger partial charge is 0.257 e. The molecule has 1 saturated heterocycles. The van der Waals surface area contributed by atoms with Gasteiger partial charge in [-0.1, -0.05) is 36.2 Å². The maximum atomic E-state index is 13.3. The molecular weight excluding hydrogens is 473 g/mol. The highest BCUT2D eigenvalue weighted by atomic mass is 35.5. The van der Waals surface area contributed by atoms with Crippen LogP contribution in [-0.4, -0.2) is 45.0 Å². The molecule has 3 aromatic rings. The van der Waals surface area contributed by atoms with Gasteiger partial charge in [-0.15, -0.1) is 0 Å². The van der Waals surface area contributed by atoms with E-state index in [-0.39, 0.29) is 23.8 Å². The molecule has 0 saturated carbocycles. The molecule has 2 aromatic heterocycles. The van der Waals surface area contributed by atoms with Crippen LogP contribution in [0.2, 0.25) is 10.0 Å². The van der Waals surface area contributed by atoms with Gasteiger partial charge < -0.3 is 9.64 Å². The van der Waals surface area contributed by atoms with Crippen molar-refractivity contribution in [3.63, 3.8) is 0 Å². The second-order valence-corrected chi connectivity index (χ2v) is 9.05. The van der Waals surface area contributed by atoms with Crippen LogP contribution in [0.5, 0.6) is 5.88 Å². The van der Waals surface area contributed by atoms with Gasteiger partial charge in [-0.2, -0.15) is 5.26 Å². The monoisotopic (exact) mass is 495 g/mol. The summed E-state index contributed by atoms with van der Waals surface area (Å²) in [6.45, 7) is 4.81. The van der Waals surface area contributed by atoms with Crippen molar-refractivity contribution in [1.82, 2.24) is 19.9 Å². The fourth-order valence-electron chi connectivity index (χ4n) is 4.30. The molecule has 1 aliphatic heterocycles. The lowest BCUT2D eigenvalue weighted by molar-refractivity contribution is 0.0759. The van der Waals surface area contributed by atoms with Gasteiger partial charge in [0.25, 0.3) is 5.91 Å². The first-order valence-corrected chi connectivity index (χ1v) is 11.7. The summed E-state index contributed by atoms with van der Waals surface area (Å²) in [7, 11) is 0. The van der Waals surface area contributed by atoms with E-state index >= 15 is 0 Å². The van der Waals surface area contributed by atoms with Gasteiger partial charge in [0.1, 0.15) is 18.0 Å². The molecule has 1 amide bonds. The van der Waals surface area contributed by atoms with Gasteiger partial charge in [0.2, 0.25) is 5.88 Å². The zero-order valence-corrected chi connectivity index (χ0v) is 20.3. The molecule has 0 radical (unpaired) electrons. The van der Waals surface area contributed by atoms with Gasteiger partial charge >= 0.3 is 0 Å². The van der Waals surface area contributed by atoms with Crippen LogP contribution in [-0.2, 0) is 0 Å². The minimum atomic E-state index is -0.216. The van der Waals surface area contributed by atoms with Crippen molar-refractivity contribution in [2.75, 3.05) is 13.1 Å². The number of nitriles is 1. The fourth-order valence-corrected chi connectivity index (χ4v) is 4.60. The number of hydrogen-bond donors (Lipinski definition) is 0. The molecule has 4 rings (SSSR count). The lowest BCUT2D eigenvalue weighted by Crippen LogP contribution is -2.33. The SMILES string of the molecule is CCC(Oc1ccc(C#N)cn1)C1CN(C(=O)c2cnc(C)nc2)C[C@@H]1c1ccc(Cl)c(Cl)c1. The molecule has 1 aromatic carbocycles. The number of halogens is 2. The summed E-state index contributed by atoms with van der Waals surface area (Å²) in [4.78, 5) is 27.7. The number of pyridine rings is 1. The molecule has 2 unspecified atom stereocenters. The van der Waals surface area contributed by atoms with E-state index in [1.807, 2.05) is 24.0 Å². The van der Waals surface area contributed by atoms with Crippen molar-refractivity contribution in [1.29, 1.82) is 5.26 Å². The third-order valence-electron chi connectivity index (χ3n) is 6.07. The molecule has 1 fully saturated rings. The van der Waals surface area contributed by atoms with Crippen molar-refractivity contribution in [2.24, 2.45) is 5.92 Å². The molecule has 7 nitrogen and oxygen atoms in total. The van der Waals surface area contributed by atoms with Crippen molar-refractivity contribution >= 4 is 29.1 Å². The van der Waals surface area contributed by atoms with Crippen LogP contribution in [0.15, 0.2) is 48.9 Å². The second kappa shape index (κ2) is 10.4. The lowest BCUT2D eigenvalue weighted by atomic mass is 9.84. The van der Waals surface area contributed by atoms with E-state index in [1.54, 1.807) is 37.5 Å². The van der Waals surface area contributed by atoms with Crippen LogP contribution < -0.4 is 4.74 Å². The Morgan fingerprint density at radius 3 is 2.53 bits per heavy atom. The van der Waals surface area contributed by atoms with Crippen molar-refractivity contribution in [3.8, 4) is 11.9 Å². The molecule has 9 heteroatoms. The number of hydrogen-bond acceptors (Lipinski definition) is 6. The number of likely N-dealkylation sites (tertiary alicyclic amines) is 1. The van der Waals surface area contributed by atoms with Crippen LogP contribution in [0.4, 0.5) is 0 Å². The number of carbonyl (C=O) groups is 1. The summed E-state index contributed by atoms with van der Waals surface area (Å²) in [5.41, 5.74) is 1.90. The van der Waals surface area contributed by atoms with Gasteiger partial charge in [0, 0.05) is 49.6 Å². The average Bonchev–Trinajstić information content (AvgIpc) is 3.30. The minimum Gasteiger partial charge on any atom is -0.474 e. The first-order chi connectivity index (χ1) is 16.4. The fraction of sp³-hybridized carbons (Fsp3) is 0.320. The molecule has 0 bridgehead atoms. The number of benzene rings is 1. The van der Waals surface area contributed by atoms with Crippen LogP contribution in [0.3, 0.4) is 0 Å². The zero-order chi connectivity index (χ0) is 24.2. The highest BCUT2D eigenvalue weighted by Gasteiger charge is 2.41. The molecule has 174 valence electrons. The van der Waals surface area contributed by atoms with E-state index in [9.17, 15) is 4.79 Å². The summed E-state index contributed by atoms with van der Waals surface area (Å²) in [5, 5.41) is 9.98. The quantitative estimate of drug-likeness (QED) is 0.473. The Morgan fingerprint density at radius 1 is 1.15 bits per heavy atom. The Kier molecular flexibility index (Phi) is 7.30. The van der Waals surface area contributed by atoms with Gasteiger partial charge in [-0.25, -0.2) is 15.0 Å². The topological polar surface area (TPSA) is 92.0 Å². The summed E-state index contributed by atoms with van der Waals surface area (Å²) < 4.78 is 6.26. The van der Waals surface area contributed by atoms with Gasteiger partial charge in [-0.05, 0) is 37.1 Å². The molecule has 3 heterocycles. The van der Waals surface area contributed by atoms with Crippen LogP contribution in [0, 0.1) is 24.2 Å². The zero-order valence-electron chi connectivity index (χ0n) is 18.8.